The van der Waals surface area contributed by atoms with Crippen LogP contribution in [-0.4, -0.2) is 15.7 Å². The Morgan fingerprint density at radius 2 is 1.76 bits per heavy atom. The largest absolute Gasteiger partial charge is 0.283 e. The molecule has 0 radical (unpaired) electrons. The molecule has 0 aliphatic rings. The van der Waals surface area contributed by atoms with E-state index in [9.17, 15) is 0 Å². The van der Waals surface area contributed by atoms with E-state index in [-0.39, 0.29) is 6.04 Å². The van der Waals surface area contributed by atoms with Gasteiger partial charge in [0.15, 0.2) is 0 Å². The maximum Gasteiger partial charge on any atom is 0.0657 e. The van der Waals surface area contributed by atoms with E-state index in [2.05, 4.69) is 85.7 Å². The van der Waals surface area contributed by atoms with Crippen LogP contribution in [0.1, 0.15) is 41.0 Å². The van der Waals surface area contributed by atoms with E-state index in [0.29, 0.717) is 3.92 Å². The lowest BCUT2D eigenvalue weighted by Crippen LogP contribution is -2.00. The quantitative estimate of drug-likeness (QED) is 0.199. The van der Waals surface area contributed by atoms with Crippen LogP contribution in [0.2, 0.25) is 0 Å². The molecule has 2 heteroatoms. The molecule has 0 aromatic heterocycles. The van der Waals surface area contributed by atoms with Crippen LogP contribution in [0.15, 0.2) is 65.2 Å². The molecule has 0 saturated carbocycles. The van der Waals surface area contributed by atoms with E-state index >= 15 is 0 Å². The lowest BCUT2D eigenvalue weighted by molar-refractivity contribution is 0.924. The number of halogens is 1. The van der Waals surface area contributed by atoms with E-state index in [4.69, 9.17) is 0 Å². The van der Waals surface area contributed by atoms with Crippen LogP contribution in [0.4, 0.5) is 0 Å². The van der Waals surface area contributed by atoms with Crippen molar-refractivity contribution in [2.24, 2.45) is 4.99 Å². The van der Waals surface area contributed by atoms with Gasteiger partial charge in [-0.1, -0.05) is 84.2 Å². The smallest absolute Gasteiger partial charge is 0.0657 e. The van der Waals surface area contributed by atoms with Crippen LogP contribution in [0.3, 0.4) is 0 Å². The van der Waals surface area contributed by atoms with E-state index in [0.717, 1.165) is 12.1 Å². The first-order valence-corrected chi connectivity index (χ1v) is 8.70. The highest BCUT2D eigenvalue weighted by atomic mass is 127. The van der Waals surface area contributed by atoms with Crippen molar-refractivity contribution in [1.29, 1.82) is 0 Å². The maximum atomic E-state index is 4.68. The van der Waals surface area contributed by atoms with E-state index in [1.807, 2.05) is 31.2 Å². The first-order chi connectivity index (χ1) is 9.97. The van der Waals surface area contributed by atoms with Gasteiger partial charge < -0.3 is 0 Å². The second kappa shape index (κ2) is 12.8. The molecule has 0 N–H and O–H groups in total. The van der Waals surface area contributed by atoms with Crippen molar-refractivity contribution in [2.45, 2.75) is 51.0 Å². The lowest BCUT2D eigenvalue weighted by Gasteiger charge is -2.03. The second-order valence-corrected chi connectivity index (χ2v) is 7.17. The Hall–Kier alpha value is -0.900. The zero-order chi connectivity index (χ0) is 16.1. The molecule has 116 valence electrons. The molecule has 0 aromatic rings. The van der Waals surface area contributed by atoms with Crippen LogP contribution >= 0.6 is 22.6 Å². The van der Waals surface area contributed by atoms with Crippen molar-refractivity contribution < 1.29 is 0 Å². The maximum absolute atomic E-state index is 4.68. The van der Waals surface area contributed by atoms with E-state index < -0.39 is 0 Å². The Morgan fingerprint density at radius 3 is 2.38 bits per heavy atom. The third kappa shape index (κ3) is 12.5. The number of nitrogens with zero attached hydrogens (tertiary/aromatic N) is 1. The summed E-state index contributed by atoms with van der Waals surface area (Å²) >= 11 is 2.43. The zero-order valence-electron chi connectivity index (χ0n) is 13.9. The van der Waals surface area contributed by atoms with Crippen LogP contribution in [0.5, 0.6) is 0 Å². The molecule has 0 rings (SSSR count). The average molecular weight is 397 g/mol. The molecule has 2 unspecified atom stereocenters. The molecular formula is C19H28IN. The SMILES string of the molecule is C\C=C/C=C\C=C(/C)C(C)=NC(C)/C=C\C=C/CC(C)I. The first-order valence-electron chi connectivity index (χ1n) is 7.45. The fourth-order valence-electron chi connectivity index (χ4n) is 1.52. The van der Waals surface area contributed by atoms with Gasteiger partial charge in [-0.05, 0) is 39.7 Å². The van der Waals surface area contributed by atoms with Crippen molar-refractivity contribution in [3.63, 3.8) is 0 Å². The Bertz CT molecular complexity index is 448. The lowest BCUT2D eigenvalue weighted by atomic mass is 10.1. The highest BCUT2D eigenvalue weighted by Crippen LogP contribution is 2.05. The number of aliphatic imine (C=N–C) groups is 1. The Balaban J connectivity index is 4.47. The molecule has 1 nitrogen and oxygen atoms in total. The Labute approximate surface area is 144 Å². The molecule has 0 amide bonds. The second-order valence-electron chi connectivity index (χ2n) is 5.05. The molecule has 0 saturated heterocycles. The number of rotatable bonds is 8. The molecular weight excluding hydrogens is 369 g/mol. The zero-order valence-corrected chi connectivity index (χ0v) is 16.0. The number of hydrogen-bond acceptors (Lipinski definition) is 1. The number of allylic oxidation sites excluding steroid dienone is 9. The summed E-state index contributed by atoms with van der Waals surface area (Å²) in [6, 6.07) is 0.203. The van der Waals surface area contributed by atoms with Crippen molar-refractivity contribution in [1.82, 2.24) is 0 Å². The van der Waals surface area contributed by atoms with Gasteiger partial charge in [-0.2, -0.15) is 0 Å². The molecule has 0 aromatic carbocycles. The predicted molar refractivity (Wildman–Crippen MR) is 107 cm³/mol. The fraction of sp³-hybridized carbons (Fsp3) is 0.421. The molecule has 2 atom stereocenters. The Kier molecular flexibility index (Phi) is 12.3. The summed E-state index contributed by atoms with van der Waals surface area (Å²) in [6.07, 6.45) is 19.8. The van der Waals surface area contributed by atoms with Gasteiger partial charge in [0, 0.05) is 9.64 Å². The van der Waals surface area contributed by atoms with Gasteiger partial charge in [-0.25, -0.2) is 0 Å². The normalized spacial score (nSPS) is 17.6. The molecule has 0 heterocycles. The minimum atomic E-state index is 0.203. The monoisotopic (exact) mass is 397 g/mol. The van der Waals surface area contributed by atoms with Crippen LogP contribution < -0.4 is 0 Å². The van der Waals surface area contributed by atoms with Crippen LogP contribution in [0, 0.1) is 0 Å². The van der Waals surface area contributed by atoms with Gasteiger partial charge in [-0.3, -0.25) is 4.99 Å². The minimum Gasteiger partial charge on any atom is -0.283 e. The molecule has 21 heavy (non-hydrogen) atoms. The van der Waals surface area contributed by atoms with Gasteiger partial charge in [-0.15, -0.1) is 0 Å². The number of hydrogen-bond donors (Lipinski definition) is 0. The van der Waals surface area contributed by atoms with Crippen LogP contribution in [0.25, 0.3) is 0 Å². The first kappa shape index (κ1) is 20.1. The van der Waals surface area contributed by atoms with E-state index in [1.54, 1.807) is 0 Å². The molecule has 0 aliphatic carbocycles. The van der Waals surface area contributed by atoms with Gasteiger partial charge in [0.1, 0.15) is 0 Å². The predicted octanol–water partition coefficient (Wildman–Crippen LogP) is 6.24. The van der Waals surface area contributed by atoms with Gasteiger partial charge in [0.05, 0.1) is 6.04 Å². The van der Waals surface area contributed by atoms with Crippen molar-refractivity contribution in [3.8, 4) is 0 Å². The fourth-order valence-corrected chi connectivity index (χ4v) is 1.81. The summed E-state index contributed by atoms with van der Waals surface area (Å²) in [5, 5.41) is 0. The molecule has 0 aliphatic heterocycles. The van der Waals surface area contributed by atoms with E-state index in [1.165, 1.54) is 5.57 Å². The minimum absolute atomic E-state index is 0.203. The third-order valence-corrected chi connectivity index (χ3v) is 3.34. The van der Waals surface area contributed by atoms with Crippen molar-refractivity contribution in [3.05, 3.63) is 60.3 Å². The third-order valence-electron chi connectivity index (χ3n) is 2.83. The van der Waals surface area contributed by atoms with Crippen molar-refractivity contribution in [2.75, 3.05) is 0 Å². The highest BCUT2D eigenvalue weighted by molar-refractivity contribution is 14.1. The summed E-state index contributed by atoms with van der Waals surface area (Å²) in [6.45, 7) is 10.5. The topological polar surface area (TPSA) is 12.4 Å². The van der Waals surface area contributed by atoms with Crippen LogP contribution in [-0.2, 0) is 0 Å². The molecule has 0 spiro atoms. The Morgan fingerprint density at radius 1 is 1.05 bits per heavy atom. The summed E-state index contributed by atoms with van der Waals surface area (Å²) < 4.78 is 0.688. The van der Waals surface area contributed by atoms with Gasteiger partial charge >= 0.3 is 0 Å². The summed E-state index contributed by atoms with van der Waals surface area (Å²) in [4.78, 5) is 4.68. The molecule has 0 fully saturated rings. The van der Waals surface area contributed by atoms with Crippen molar-refractivity contribution >= 4 is 28.3 Å². The standard InChI is InChI=1S/C19H28IN/c1-6-7-8-10-13-16(2)19(5)21-18(4)15-12-9-11-14-17(3)20/h6-13,15,17-18H,14H2,1-5H3/b7-6-,10-8-,11-9-,15-12-,16-13+,21-19?. The molecule has 0 bridgehead atoms. The average Bonchev–Trinajstić information content (AvgIpc) is 2.42. The number of alkyl halides is 1. The van der Waals surface area contributed by atoms with Gasteiger partial charge in [0.2, 0.25) is 0 Å². The highest BCUT2D eigenvalue weighted by Gasteiger charge is 1.96. The summed E-state index contributed by atoms with van der Waals surface area (Å²) in [5.41, 5.74) is 2.28. The van der Waals surface area contributed by atoms with Gasteiger partial charge in [0.25, 0.3) is 0 Å². The summed E-state index contributed by atoms with van der Waals surface area (Å²) in [7, 11) is 0. The summed E-state index contributed by atoms with van der Waals surface area (Å²) in [5.74, 6) is 0.